The summed E-state index contributed by atoms with van der Waals surface area (Å²) < 4.78 is 5.20. The summed E-state index contributed by atoms with van der Waals surface area (Å²) >= 11 is 1.58. The summed E-state index contributed by atoms with van der Waals surface area (Å²) in [7, 11) is 1.64. The van der Waals surface area contributed by atoms with Crippen LogP contribution in [-0.2, 0) is 12.3 Å². The van der Waals surface area contributed by atoms with Crippen LogP contribution in [0.5, 0.6) is 5.75 Å². The molecule has 0 spiro atoms. The second-order valence-electron chi connectivity index (χ2n) is 5.54. The van der Waals surface area contributed by atoms with Crippen LogP contribution < -0.4 is 4.74 Å². The molecule has 1 N–H and O–H groups in total. The number of hydrogen-bond acceptors (Lipinski definition) is 5. The van der Waals surface area contributed by atoms with Gasteiger partial charge in [-0.1, -0.05) is 30.0 Å². The van der Waals surface area contributed by atoms with E-state index in [-0.39, 0.29) is 0 Å². The number of aliphatic imine (C=N–C) groups is 1. The van der Waals surface area contributed by atoms with Gasteiger partial charge in [0, 0.05) is 24.5 Å². The molecule has 0 bridgehead atoms. The van der Waals surface area contributed by atoms with Crippen molar-refractivity contribution in [3.8, 4) is 5.75 Å². The Bertz CT molecular complexity index is 706. The van der Waals surface area contributed by atoms with Crippen LogP contribution in [0.25, 0.3) is 0 Å². The quantitative estimate of drug-likeness (QED) is 0.905. The molecule has 0 amide bonds. The van der Waals surface area contributed by atoms with Crippen LogP contribution in [0.2, 0.25) is 0 Å². The van der Waals surface area contributed by atoms with Crippen molar-refractivity contribution in [2.75, 3.05) is 19.4 Å². The van der Waals surface area contributed by atoms with Crippen LogP contribution >= 0.6 is 11.8 Å². The van der Waals surface area contributed by atoms with Crippen molar-refractivity contribution in [1.29, 1.82) is 0 Å². The molecule has 0 aliphatic carbocycles. The molecule has 24 heavy (non-hydrogen) atoms. The van der Waals surface area contributed by atoms with Gasteiger partial charge in [-0.2, -0.15) is 0 Å². The Morgan fingerprint density at radius 3 is 2.75 bits per heavy atom. The number of methoxy groups -OCH3 is 1. The Morgan fingerprint density at radius 2 is 2.12 bits per heavy atom. The first kappa shape index (κ1) is 16.8. The first-order valence-corrected chi connectivity index (χ1v) is 8.86. The lowest BCUT2D eigenvalue weighted by molar-refractivity contribution is -0.0454. The van der Waals surface area contributed by atoms with Crippen LogP contribution in [0.15, 0.2) is 53.8 Å². The van der Waals surface area contributed by atoms with Gasteiger partial charge in [0.1, 0.15) is 5.75 Å². The normalized spacial score (nSPS) is 22.1. The maximum atomic E-state index is 11.2. The third kappa shape index (κ3) is 3.25. The predicted octanol–water partition coefficient (Wildman–Crippen LogP) is 2.86. The molecular formula is C18H21N3O2S. The molecule has 0 radical (unpaired) electrons. The fourth-order valence-corrected chi connectivity index (χ4v) is 4.00. The fraction of sp³-hybridized carbons (Fsp3) is 0.333. The van der Waals surface area contributed by atoms with E-state index < -0.39 is 5.72 Å². The van der Waals surface area contributed by atoms with Crippen molar-refractivity contribution in [3.05, 3.63) is 59.9 Å². The summed E-state index contributed by atoms with van der Waals surface area (Å²) in [4.78, 5) is 10.7. The van der Waals surface area contributed by atoms with Crippen molar-refractivity contribution in [2.24, 2.45) is 4.99 Å². The molecule has 1 aromatic carbocycles. The number of aromatic nitrogens is 1. The van der Waals surface area contributed by atoms with Crippen LogP contribution in [-0.4, -0.2) is 39.6 Å². The molecule has 1 aliphatic heterocycles. The number of nitrogens with zero attached hydrogens (tertiary/aromatic N) is 3. The van der Waals surface area contributed by atoms with E-state index in [1.807, 2.05) is 54.4 Å². The number of rotatable bonds is 5. The standard InChI is InChI=1S/C18H21N3O2S/c1-3-21-17(20-12-14-5-4-10-19-11-14)24-13-18(21,22)15-6-8-16(23-2)9-7-15/h4-11,22H,3,12-13H2,1-2H3/t18-/m0/s1. The smallest absolute Gasteiger partial charge is 0.175 e. The first-order valence-electron chi connectivity index (χ1n) is 7.88. The molecule has 5 nitrogen and oxygen atoms in total. The van der Waals surface area contributed by atoms with E-state index in [9.17, 15) is 5.11 Å². The van der Waals surface area contributed by atoms with Gasteiger partial charge in [0.05, 0.1) is 19.4 Å². The van der Waals surface area contributed by atoms with Gasteiger partial charge >= 0.3 is 0 Å². The van der Waals surface area contributed by atoms with Gasteiger partial charge in [-0.3, -0.25) is 9.98 Å². The second kappa shape index (κ2) is 7.23. The van der Waals surface area contributed by atoms with E-state index in [1.165, 1.54) is 0 Å². The summed E-state index contributed by atoms with van der Waals surface area (Å²) in [6, 6.07) is 11.5. The Labute approximate surface area is 146 Å². The summed E-state index contributed by atoms with van der Waals surface area (Å²) in [5.74, 6) is 1.33. The SMILES string of the molecule is CCN1C(=NCc2cccnc2)SC[C@]1(O)c1ccc(OC)cc1. The largest absolute Gasteiger partial charge is 0.497 e. The Hall–Kier alpha value is -2.05. The van der Waals surface area contributed by atoms with E-state index in [2.05, 4.69) is 9.98 Å². The van der Waals surface area contributed by atoms with Crippen LogP contribution in [0.1, 0.15) is 18.1 Å². The van der Waals surface area contributed by atoms with Crippen molar-refractivity contribution < 1.29 is 9.84 Å². The first-order chi connectivity index (χ1) is 11.7. The van der Waals surface area contributed by atoms with E-state index in [1.54, 1.807) is 25.1 Å². The minimum absolute atomic E-state index is 0.555. The molecule has 6 heteroatoms. The van der Waals surface area contributed by atoms with Crippen LogP contribution in [0, 0.1) is 0 Å². The molecule has 1 saturated heterocycles. The van der Waals surface area contributed by atoms with E-state index in [0.29, 0.717) is 18.8 Å². The molecule has 0 unspecified atom stereocenters. The highest BCUT2D eigenvalue weighted by atomic mass is 32.2. The topological polar surface area (TPSA) is 58.0 Å². The molecule has 1 aromatic heterocycles. The van der Waals surface area contributed by atoms with Crippen molar-refractivity contribution in [3.63, 3.8) is 0 Å². The van der Waals surface area contributed by atoms with Crippen molar-refractivity contribution in [2.45, 2.75) is 19.2 Å². The average Bonchev–Trinajstić information content (AvgIpc) is 2.97. The zero-order valence-electron chi connectivity index (χ0n) is 13.8. The molecule has 1 fully saturated rings. The third-order valence-corrected chi connectivity index (χ3v) is 5.22. The number of hydrogen-bond donors (Lipinski definition) is 1. The number of ether oxygens (including phenoxy) is 1. The predicted molar refractivity (Wildman–Crippen MR) is 97.1 cm³/mol. The van der Waals surface area contributed by atoms with Crippen LogP contribution in [0.4, 0.5) is 0 Å². The zero-order chi connectivity index (χ0) is 17.0. The number of benzene rings is 1. The van der Waals surface area contributed by atoms with Gasteiger partial charge in [0.2, 0.25) is 0 Å². The monoisotopic (exact) mass is 343 g/mol. The van der Waals surface area contributed by atoms with Gasteiger partial charge in [-0.15, -0.1) is 0 Å². The average molecular weight is 343 g/mol. The minimum atomic E-state index is -1.04. The molecule has 2 aromatic rings. The molecule has 3 rings (SSSR count). The van der Waals surface area contributed by atoms with E-state index in [0.717, 1.165) is 22.0 Å². The molecular weight excluding hydrogens is 322 g/mol. The van der Waals surface area contributed by atoms with Crippen LogP contribution in [0.3, 0.4) is 0 Å². The van der Waals surface area contributed by atoms with Gasteiger partial charge in [-0.05, 0) is 30.7 Å². The maximum Gasteiger partial charge on any atom is 0.175 e. The summed E-state index contributed by atoms with van der Waals surface area (Å²) in [6.45, 7) is 3.27. The van der Waals surface area contributed by atoms with Crippen molar-refractivity contribution >= 4 is 16.9 Å². The Kier molecular flexibility index (Phi) is 5.06. The number of pyridine rings is 1. The lowest BCUT2D eigenvalue weighted by Crippen LogP contribution is -2.44. The van der Waals surface area contributed by atoms with Gasteiger partial charge in [0.25, 0.3) is 0 Å². The fourth-order valence-electron chi connectivity index (χ4n) is 2.75. The van der Waals surface area contributed by atoms with Crippen molar-refractivity contribution in [1.82, 2.24) is 9.88 Å². The maximum absolute atomic E-state index is 11.2. The summed E-state index contributed by atoms with van der Waals surface area (Å²) in [6.07, 6.45) is 3.57. The molecule has 126 valence electrons. The van der Waals surface area contributed by atoms with E-state index in [4.69, 9.17) is 4.74 Å². The Balaban J connectivity index is 1.82. The zero-order valence-corrected chi connectivity index (χ0v) is 14.7. The molecule has 0 saturated carbocycles. The van der Waals surface area contributed by atoms with Gasteiger partial charge in [-0.25, -0.2) is 0 Å². The number of amidine groups is 1. The minimum Gasteiger partial charge on any atom is -0.497 e. The summed E-state index contributed by atoms with van der Waals surface area (Å²) in [5, 5.41) is 12.1. The van der Waals surface area contributed by atoms with E-state index >= 15 is 0 Å². The molecule has 2 heterocycles. The van der Waals surface area contributed by atoms with Gasteiger partial charge < -0.3 is 14.7 Å². The lowest BCUT2D eigenvalue weighted by Gasteiger charge is -2.33. The summed E-state index contributed by atoms with van der Waals surface area (Å²) in [5.41, 5.74) is 0.866. The molecule has 1 aliphatic rings. The second-order valence-corrected chi connectivity index (χ2v) is 6.48. The highest BCUT2D eigenvalue weighted by molar-refractivity contribution is 8.14. The molecule has 1 atom stereocenters. The highest BCUT2D eigenvalue weighted by Gasteiger charge is 2.43. The third-order valence-electron chi connectivity index (χ3n) is 4.07. The highest BCUT2D eigenvalue weighted by Crippen LogP contribution is 2.39. The van der Waals surface area contributed by atoms with Gasteiger partial charge in [0.15, 0.2) is 10.9 Å². The number of thioether (sulfide) groups is 1. The number of aliphatic hydroxyl groups is 1. The lowest BCUT2D eigenvalue weighted by atomic mass is 10.0. The Morgan fingerprint density at radius 1 is 1.33 bits per heavy atom.